The number of carbonyl (C=O) groups is 1. The van der Waals surface area contributed by atoms with Crippen molar-refractivity contribution in [1.29, 1.82) is 0 Å². The second-order valence-electron chi connectivity index (χ2n) is 5.39. The van der Waals surface area contributed by atoms with Gasteiger partial charge in [0.1, 0.15) is 0 Å². The van der Waals surface area contributed by atoms with Crippen molar-refractivity contribution in [3.8, 4) is 0 Å². The molecule has 0 aliphatic heterocycles. The molecule has 0 heterocycles. The fourth-order valence-corrected chi connectivity index (χ4v) is 3.70. The molecular weight excluding hydrogens is 336 g/mol. The van der Waals surface area contributed by atoms with E-state index in [-0.39, 0.29) is 16.7 Å². The van der Waals surface area contributed by atoms with E-state index in [2.05, 4.69) is 21.2 Å². The molecule has 2 rings (SSSR count). The van der Waals surface area contributed by atoms with Crippen LogP contribution in [0, 0.1) is 0 Å². The molecule has 0 saturated heterocycles. The highest BCUT2D eigenvalue weighted by Gasteiger charge is 2.34. The van der Waals surface area contributed by atoms with Gasteiger partial charge in [-0.3, -0.25) is 4.79 Å². The van der Waals surface area contributed by atoms with Crippen LogP contribution in [-0.4, -0.2) is 23.2 Å². The Kier molecular flexibility index (Phi) is 5.52. The van der Waals surface area contributed by atoms with Gasteiger partial charge in [0.05, 0.1) is 10.8 Å². The molecule has 20 heavy (non-hydrogen) atoms. The number of benzene rings is 1. The largest absolute Gasteiger partial charge is 0.348 e. The molecule has 1 aliphatic rings. The summed E-state index contributed by atoms with van der Waals surface area (Å²) in [5, 5.41) is 3.07. The minimum Gasteiger partial charge on any atom is -0.348 e. The van der Waals surface area contributed by atoms with Crippen molar-refractivity contribution >= 4 is 33.6 Å². The van der Waals surface area contributed by atoms with Crippen LogP contribution in [0.5, 0.6) is 0 Å². The zero-order valence-electron chi connectivity index (χ0n) is 11.7. The number of thioether (sulfide) groups is 1. The van der Waals surface area contributed by atoms with Gasteiger partial charge in [-0.25, -0.2) is 0 Å². The number of amides is 1. The Hall–Kier alpha value is -0.520. The smallest absolute Gasteiger partial charge is 0.233 e. The van der Waals surface area contributed by atoms with Gasteiger partial charge in [-0.05, 0) is 44.0 Å². The van der Waals surface area contributed by atoms with E-state index in [1.165, 1.54) is 0 Å². The maximum atomic E-state index is 12.3. The molecule has 1 aromatic carbocycles. The zero-order chi connectivity index (χ0) is 14.6. The summed E-state index contributed by atoms with van der Waals surface area (Å²) in [4.78, 5) is 13.4. The Balaban J connectivity index is 1.93. The lowest BCUT2D eigenvalue weighted by atomic mass is 9.98. The van der Waals surface area contributed by atoms with Crippen molar-refractivity contribution in [2.75, 3.05) is 6.54 Å². The number of rotatable bonds is 5. The number of halogens is 1. The molecule has 5 heteroatoms. The predicted octanol–water partition coefficient (Wildman–Crippen LogP) is 3.32. The van der Waals surface area contributed by atoms with E-state index < -0.39 is 0 Å². The minimum atomic E-state index is -0.161. The van der Waals surface area contributed by atoms with E-state index in [0.29, 0.717) is 6.54 Å². The fourth-order valence-electron chi connectivity index (χ4n) is 2.57. The molecule has 1 aromatic rings. The van der Waals surface area contributed by atoms with Gasteiger partial charge >= 0.3 is 0 Å². The first-order valence-corrected chi connectivity index (χ1v) is 8.66. The molecule has 0 bridgehead atoms. The summed E-state index contributed by atoms with van der Waals surface area (Å²) in [6, 6.07) is 8.02. The Bertz CT molecular complexity index is 457. The van der Waals surface area contributed by atoms with Gasteiger partial charge in [0.2, 0.25) is 5.91 Å². The average Bonchev–Trinajstić information content (AvgIpc) is 2.90. The second-order valence-corrected chi connectivity index (χ2v) is 7.72. The summed E-state index contributed by atoms with van der Waals surface area (Å²) < 4.78 is 1.05. The number of carbonyl (C=O) groups excluding carboxylic acids is 1. The van der Waals surface area contributed by atoms with Gasteiger partial charge in [0.15, 0.2) is 0 Å². The van der Waals surface area contributed by atoms with E-state index in [9.17, 15) is 4.79 Å². The van der Waals surface area contributed by atoms with Crippen LogP contribution >= 0.6 is 27.7 Å². The van der Waals surface area contributed by atoms with Gasteiger partial charge in [0, 0.05) is 15.9 Å². The summed E-state index contributed by atoms with van der Waals surface area (Å²) in [7, 11) is 0. The van der Waals surface area contributed by atoms with E-state index in [1.54, 1.807) is 11.8 Å². The van der Waals surface area contributed by atoms with Gasteiger partial charge in [0.25, 0.3) is 0 Å². The lowest BCUT2D eigenvalue weighted by Gasteiger charge is -2.30. The Labute approximate surface area is 133 Å². The number of hydrogen-bond donors (Lipinski definition) is 2. The minimum absolute atomic E-state index is 0.0882. The first-order chi connectivity index (χ1) is 9.54. The summed E-state index contributed by atoms with van der Waals surface area (Å²) in [5.74, 6) is 0.0882. The Morgan fingerprint density at radius 2 is 2.00 bits per heavy atom. The molecule has 1 aliphatic carbocycles. The number of hydrogen-bond acceptors (Lipinski definition) is 3. The molecule has 1 atom stereocenters. The molecule has 1 unspecified atom stereocenters. The monoisotopic (exact) mass is 356 g/mol. The van der Waals surface area contributed by atoms with E-state index >= 15 is 0 Å². The topological polar surface area (TPSA) is 55.1 Å². The third-order valence-electron chi connectivity index (χ3n) is 3.84. The number of nitrogens with two attached hydrogens (primary N) is 1. The standard InChI is InChI=1S/C15H21BrN2OS/c1-11(20-13-6-4-12(16)5-7-13)14(19)18-15(10-17)8-2-3-9-15/h4-7,11H,2-3,8-10,17H2,1H3,(H,18,19). The molecular formula is C15H21BrN2OS. The first kappa shape index (κ1) is 15.9. The van der Waals surface area contributed by atoms with Gasteiger partial charge in [-0.15, -0.1) is 11.8 Å². The van der Waals surface area contributed by atoms with Gasteiger partial charge < -0.3 is 11.1 Å². The molecule has 1 fully saturated rings. The quantitative estimate of drug-likeness (QED) is 0.795. The van der Waals surface area contributed by atoms with Gasteiger partial charge in [-0.1, -0.05) is 28.8 Å². The molecule has 110 valence electrons. The van der Waals surface area contributed by atoms with Crippen molar-refractivity contribution in [2.45, 2.75) is 48.3 Å². The lowest BCUT2D eigenvalue weighted by molar-refractivity contribution is -0.122. The van der Waals surface area contributed by atoms with Gasteiger partial charge in [-0.2, -0.15) is 0 Å². The molecule has 0 radical (unpaired) electrons. The normalized spacial score (nSPS) is 18.8. The Morgan fingerprint density at radius 1 is 1.40 bits per heavy atom. The number of nitrogens with one attached hydrogen (secondary N) is 1. The van der Waals surface area contributed by atoms with Crippen molar-refractivity contribution in [3.63, 3.8) is 0 Å². The van der Waals surface area contributed by atoms with E-state index in [0.717, 1.165) is 35.1 Å². The van der Waals surface area contributed by atoms with E-state index in [4.69, 9.17) is 5.73 Å². The first-order valence-electron chi connectivity index (χ1n) is 6.99. The van der Waals surface area contributed by atoms with Crippen LogP contribution in [0.15, 0.2) is 33.6 Å². The molecule has 0 aromatic heterocycles. The van der Waals surface area contributed by atoms with Crippen LogP contribution < -0.4 is 11.1 Å². The summed E-state index contributed by atoms with van der Waals surface area (Å²) in [5.41, 5.74) is 5.70. The molecule has 1 saturated carbocycles. The zero-order valence-corrected chi connectivity index (χ0v) is 14.1. The van der Waals surface area contributed by atoms with E-state index in [1.807, 2.05) is 31.2 Å². The predicted molar refractivity (Wildman–Crippen MR) is 87.9 cm³/mol. The third-order valence-corrected chi connectivity index (χ3v) is 5.48. The Morgan fingerprint density at radius 3 is 2.55 bits per heavy atom. The molecule has 3 nitrogen and oxygen atoms in total. The van der Waals surface area contributed by atoms with Crippen molar-refractivity contribution in [1.82, 2.24) is 5.32 Å². The van der Waals surface area contributed by atoms with Crippen molar-refractivity contribution in [2.24, 2.45) is 5.73 Å². The van der Waals surface area contributed by atoms with Crippen LogP contribution in [0.1, 0.15) is 32.6 Å². The van der Waals surface area contributed by atoms with Crippen LogP contribution in [0.3, 0.4) is 0 Å². The maximum absolute atomic E-state index is 12.3. The SMILES string of the molecule is CC(Sc1ccc(Br)cc1)C(=O)NC1(CN)CCCC1. The molecule has 0 spiro atoms. The second kappa shape index (κ2) is 6.96. The van der Waals surface area contributed by atoms with Crippen LogP contribution in [0.25, 0.3) is 0 Å². The fraction of sp³-hybridized carbons (Fsp3) is 0.533. The van der Waals surface area contributed by atoms with Crippen LogP contribution in [0.2, 0.25) is 0 Å². The summed E-state index contributed by atoms with van der Waals surface area (Å²) >= 11 is 4.99. The lowest BCUT2D eigenvalue weighted by Crippen LogP contribution is -2.53. The van der Waals surface area contributed by atoms with Crippen LogP contribution in [0.4, 0.5) is 0 Å². The molecule has 3 N–H and O–H groups in total. The van der Waals surface area contributed by atoms with Crippen LogP contribution in [-0.2, 0) is 4.79 Å². The van der Waals surface area contributed by atoms with Crippen molar-refractivity contribution < 1.29 is 4.79 Å². The maximum Gasteiger partial charge on any atom is 0.233 e. The average molecular weight is 357 g/mol. The highest BCUT2D eigenvalue weighted by atomic mass is 79.9. The third kappa shape index (κ3) is 3.99. The van der Waals surface area contributed by atoms with Crippen molar-refractivity contribution in [3.05, 3.63) is 28.7 Å². The highest BCUT2D eigenvalue weighted by molar-refractivity contribution is 9.10. The highest BCUT2D eigenvalue weighted by Crippen LogP contribution is 2.30. The molecule has 1 amide bonds. The summed E-state index contributed by atoms with van der Waals surface area (Å²) in [6.45, 7) is 2.48. The summed E-state index contributed by atoms with van der Waals surface area (Å²) in [6.07, 6.45) is 4.33.